The first kappa shape index (κ1) is 15.8. The van der Waals surface area contributed by atoms with Gasteiger partial charge in [-0.3, -0.25) is 9.08 Å². The Hall–Kier alpha value is -2.18. The lowest BCUT2D eigenvalue weighted by molar-refractivity contribution is 0.125. The molecule has 138 valence electrons. The summed E-state index contributed by atoms with van der Waals surface area (Å²) in [6, 6.07) is 4.48. The number of hydrogen-bond acceptors (Lipinski definition) is 4. The number of aryl methyl sites for hydroxylation is 2. The summed E-state index contributed by atoms with van der Waals surface area (Å²) in [7, 11) is 1.98. The number of benzene rings is 1. The van der Waals surface area contributed by atoms with E-state index in [1.165, 1.54) is 59.4 Å². The van der Waals surface area contributed by atoms with Crippen molar-refractivity contribution in [1.29, 1.82) is 0 Å². The lowest BCUT2D eigenvalue weighted by Crippen LogP contribution is -2.37. The summed E-state index contributed by atoms with van der Waals surface area (Å²) in [4.78, 5) is 7.34. The van der Waals surface area contributed by atoms with Crippen LogP contribution in [0.25, 0.3) is 26.3 Å². The molecule has 0 atom stereocenters. The summed E-state index contributed by atoms with van der Waals surface area (Å²) in [5, 5.41) is 9.28. The molecule has 2 aliphatic rings. The predicted molar refractivity (Wildman–Crippen MR) is 109 cm³/mol. The van der Waals surface area contributed by atoms with Crippen LogP contribution in [0.1, 0.15) is 36.4 Å². The molecule has 6 heteroatoms. The molecule has 4 heterocycles. The van der Waals surface area contributed by atoms with E-state index in [4.69, 9.17) is 4.98 Å². The largest absolute Gasteiger partial charge is 0.316 e. The van der Waals surface area contributed by atoms with Crippen LogP contribution in [-0.2, 0) is 7.05 Å². The second-order valence-corrected chi connectivity index (χ2v) is 9.53. The zero-order valence-corrected chi connectivity index (χ0v) is 16.5. The number of nitrogens with zero attached hydrogens (tertiary/aromatic N) is 4. The van der Waals surface area contributed by atoms with Crippen molar-refractivity contribution in [2.75, 3.05) is 13.1 Å². The molecule has 0 unspecified atom stereocenters. The summed E-state index contributed by atoms with van der Waals surface area (Å²) < 4.78 is 4.11. The van der Waals surface area contributed by atoms with E-state index in [-0.39, 0.29) is 0 Å². The Kier molecular flexibility index (Phi) is 3.18. The summed E-state index contributed by atoms with van der Waals surface area (Å²) in [6.45, 7) is 4.53. The van der Waals surface area contributed by atoms with E-state index in [2.05, 4.69) is 52.5 Å². The molecule has 0 amide bonds. The van der Waals surface area contributed by atoms with Gasteiger partial charge in [-0.25, -0.2) is 4.98 Å². The van der Waals surface area contributed by atoms with Crippen molar-refractivity contribution in [1.82, 2.24) is 24.5 Å². The standard InChI is InChI=1S/C21H23N5S/c1-13-5-14(6-15-9-25(2)24-19(13)15)18-11-26-10-17(23-20(26)27-18)16-7-21(8-16)3-4-22-12-21/h5-6,9-11,16,22H,3-4,7-8,12H2,1-2H3. The molecule has 1 saturated heterocycles. The molecule has 1 aliphatic heterocycles. The van der Waals surface area contributed by atoms with E-state index >= 15 is 0 Å². The maximum Gasteiger partial charge on any atom is 0.194 e. The summed E-state index contributed by atoms with van der Waals surface area (Å²) in [5.41, 5.74) is 5.42. The Labute approximate surface area is 162 Å². The Balaban J connectivity index is 1.31. The summed E-state index contributed by atoms with van der Waals surface area (Å²) in [6.07, 6.45) is 10.5. The molecule has 6 rings (SSSR count). The molecule has 1 saturated carbocycles. The average Bonchev–Trinajstić information content (AvgIpc) is 3.34. The van der Waals surface area contributed by atoms with Crippen LogP contribution in [0.3, 0.4) is 0 Å². The van der Waals surface area contributed by atoms with Gasteiger partial charge in [0.25, 0.3) is 0 Å². The van der Waals surface area contributed by atoms with E-state index in [1.54, 1.807) is 11.3 Å². The second kappa shape index (κ2) is 5.42. The zero-order valence-electron chi connectivity index (χ0n) is 15.7. The van der Waals surface area contributed by atoms with E-state index < -0.39 is 0 Å². The lowest BCUT2D eigenvalue weighted by atomic mass is 9.60. The van der Waals surface area contributed by atoms with E-state index in [9.17, 15) is 0 Å². The SMILES string of the molecule is Cc1cc(-c2cn3cc(C4CC5(CCNC5)C4)nc3s2)cc2cn(C)nc12. The van der Waals surface area contributed by atoms with Crippen molar-refractivity contribution < 1.29 is 0 Å². The van der Waals surface area contributed by atoms with Crippen molar-refractivity contribution in [3.8, 4) is 10.4 Å². The van der Waals surface area contributed by atoms with Crippen LogP contribution in [-0.4, -0.2) is 32.3 Å². The third-order valence-electron chi connectivity index (χ3n) is 6.48. The summed E-state index contributed by atoms with van der Waals surface area (Å²) in [5.74, 6) is 0.648. The zero-order chi connectivity index (χ0) is 18.2. The molecule has 1 aliphatic carbocycles. The highest BCUT2D eigenvalue weighted by atomic mass is 32.1. The number of imidazole rings is 1. The van der Waals surface area contributed by atoms with Crippen LogP contribution in [0.2, 0.25) is 0 Å². The minimum absolute atomic E-state index is 0.573. The molecule has 2 fully saturated rings. The van der Waals surface area contributed by atoms with Gasteiger partial charge in [-0.05, 0) is 61.4 Å². The van der Waals surface area contributed by atoms with Gasteiger partial charge in [-0.15, -0.1) is 0 Å². The number of thiazole rings is 1. The molecule has 1 N–H and O–H groups in total. The van der Waals surface area contributed by atoms with Gasteiger partial charge < -0.3 is 5.32 Å². The molecule has 3 aromatic heterocycles. The second-order valence-electron chi connectivity index (χ2n) is 8.52. The highest BCUT2D eigenvalue weighted by Gasteiger charge is 2.47. The Morgan fingerprint density at radius 1 is 1.22 bits per heavy atom. The Morgan fingerprint density at radius 3 is 2.89 bits per heavy atom. The highest BCUT2D eigenvalue weighted by molar-refractivity contribution is 7.20. The van der Waals surface area contributed by atoms with Crippen molar-refractivity contribution in [2.24, 2.45) is 12.5 Å². The van der Waals surface area contributed by atoms with Crippen LogP contribution in [0.15, 0.2) is 30.7 Å². The van der Waals surface area contributed by atoms with Crippen molar-refractivity contribution in [2.45, 2.75) is 32.1 Å². The van der Waals surface area contributed by atoms with E-state index in [0.717, 1.165) is 10.5 Å². The number of rotatable bonds is 2. The van der Waals surface area contributed by atoms with Crippen LogP contribution in [0.5, 0.6) is 0 Å². The van der Waals surface area contributed by atoms with Gasteiger partial charge in [0.2, 0.25) is 0 Å². The molecule has 0 bridgehead atoms. The van der Waals surface area contributed by atoms with Gasteiger partial charge >= 0.3 is 0 Å². The fourth-order valence-electron chi connectivity index (χ4n) is 5.05. The first-order valence-electron chi connectivity index (χ1n) is 9.72. The molecule has 0 radical (unpaired) electrons. The number of nitrogens with one attached hydrogen (secondary N) is 1. The quantitative estimate of drug-likeness (QED) is 0.572. The van der Waals surface area contributed by atoms with Crippen LogP contribution < -0.4 is 5.32 Å². The van der Waals surface area contributed by atoms with Gasteiger partial charge in [0.05, 0.1) is 16.1 Å². The van der Waals surface area contributed by atoms with Gasteiger partial charge in [-0.2, -0.15) is 5.10 Å². The smallest absolute Gasteiger partial charge is 0.194 e. The van der Waals surface area contributed by atoms with E-state index in [0.29, 0.717) is 11.3 Å². The minimum Gasteiger partial charge on any atom is -0.316 e. The first-order chi connectivity index (χ1) is 13.1. The fraction of sp³-hybridized carbons (Fsp3) is 0.429. The number of hydrogen-bond donors (Lipinski definition) is 1. The highest BCUT2D eigenvalue weighted by Crippen LogP contribution is 2.54. The first-order valence-corrected chi connectivity index (χ1v) is 10.5. The van der Waals surface area contributed by atoms with Crippen molar-refractivity contribution in [3.05, 3.63) is 42.0 Å². The molecule has 27 heavy (non-hydrogen) atoms. The third kappa shape index (κ3) is 2.39. The molecular formula is C21H23N5S. The monoisotopic (exact) mass is 377 g/mol. The fourth-order valence-corrected chi connectivity index (χ4v) is 6.02. The molecular weight excluding hydrogens is 354 g/mol. The summed E-state index contributed by atoms with van der Waals surface area (Å²) >= 11 is 1.78. The topological polar surface area (TPSA) is 47.1 Å². The Bertz CT molecular complexity index is 1130. The van der Waals surface area contributed by atoms with E-state index in [1.807, 2.05) is 11.7 Å². The molecule has 4 aromatic rings. The molecule has 1 aromatic carbocycles. The van der Waals surface area contributed by atoms with Crippen LogP contribution >= 0.6 is 11.3 Å². The van der Waals surface area contributed by atoms with Crippen LogP contribution in [0.4, 0.5) is 0 Å². The number of aromatic nitrogens is 4. The maximum atomic E-state index is 4.97. The van der Waals surface area contributed by atoms with Crippen molar-refractivity contribution in [3.63, 3.8) is 0 Å². The maximum absolute atomic E-state index is 4.97. The van der Waals surface area contributed by atoms with Gasteiger partial charge in [0.15, 0.2) is 4.96 Å². The van der Waals surface area contributed by atoms with Gasteiger partial charge in [-0.1, -0.05) is 11.3 Å². The third-order valence-corrected chi connectivity index (χ3v) is 7.53. The molecule has 1 spiro atoms. The normalized spacial score (nSPS) is 25.0. The Morgan fingerprint density at radius 2 is 2.11 bits per heavy atom. The van der Waals surface area contributed by atoms with Crippen LogP contribution in [0, 0.1) is 12.3 Å². The lowest BCUT2D eigenvalue weighted by Gasteiger charge is -2.44. The van der Waals surface area contributed by atoms with Gasteiger partial charge in [0, 0.05) is 43.5 Å². The number of fused-ring (bicyclic) bond motifs is 2. The van der Waals surface area contributed by atoms with Gasteiger partial charge in [0.1, 0.15) is 0 Å². The van der Waals surface area contributed by atoms with Crippen molar-refractivity contribution >= 4 is 27.2 Å². The predicted octanol–water partition coefficient (Wildman–Crippen LogP) is 4.12. The molecule has 5 nitrogen and oxygen atoms in total. The minimum atomic E-state index is 0.573. The average molecular weight is 378 g/mol.